The molecule has 0 unspecified atom stereocenters. The second-order valence-electron chi connectivity index (χ2n) is 3.70. The fraction of sp³-hybridized carbons (Fsp3) is 0.357. The van der Waals surface area contributed by atoms with E-state index in [9.17, 15) is 0 Å². The highest BCUT2D eigenvalue weighted by Crippen LogP contribution is 2.21. The van der Waals surface area contributed by atoms with Crippen LogP contribution in [0.1, 0.15) is 24.8 Å². The summed E-state index contributed by atoms with van der Waals surface area (Å²) < 4.78 is 5.44. The molecule has 0 atom stereocenters. The zero-order chi connectivity index (χ0) is 12.5. The Balaban J connectivity index is 2.28. The van der Waals surface area contributed by atoms with E-state index in [0.717, 1.165) is 31.4 Å². The van der Waals surface area contributed by atoms with Crippen molar-refractivity contribution in [2.45, 2.75) is 19.3 Å². The average molecular weight is 272 g/mol. The fourth-order valence-electron chi connectivity index (χ4n) is 1.34. The van der Waals surface area contributed by atoms with Gasteiger partial charge in [-0.1, -0.05) is 61.2 Å². The maximum absolute atomic E-state index is 6.03. The van der Waals surface area contributed by atoms with E-state index in [0.29, 0.717) is 16.7 Å². The number of hydrogen-bond donors (Lipinski definition) is 0. The fourth-order valence-corrected chi connectivity index (χ4v) is 1.82. The van der Waals surface area contributed by atoms with Crippen LogP contribution in [0.3, 0.4) is 0 Å². The minimum atomic E-state index is 0.607. The molecule has 0 aliphatic heterocycles. The van der Waals surface area contributed by atoms with Gasteiger partial charge in [-0.25, -0.2) is 0 Å². The predicted octanol–water partition coefficient (Wildman–Crippen LogP) is 5.03. The molecule has 0 saturated carbocycles. The molecule has 0 aliphatic rings. The van der Waals surface area contributed by atoms with E-state index in [2.05, 4.69) is 6.92 Å². The zero-order valence-electron chi connectivity index (χ0n) is 9.79. The summed E-state index contributed by atoms with van der Waals surface area (Å²) in [5.41, 5.74) is 0.956. The highest BCUT2D eigenvalue weighted by atomic mass is 35.5. The molecule has 1 rings (SSSR count). The molecular formula is C14H17Cl2O. The van der Waals surface area contributed by atoms with Gasteiger partial charge in [-0.15, -0.1) is 0 Å². The van der Waals surface area contributed by atoms with Gasteiger partial charge in [0.05, 0.1) is 6.61 Å². The molecule has 0 amide bonds. The third kappa shape index (κ3) is 6.11. The molecule has 1 radical (unpaired) electrons. The Labute approximate surface area is 113 Å². The molecule has 1 aromatic rings. The first-order valence-electron chi connectivity index (χ1n) is 5.72. The van der Waals surface area contributed by atoms with Crippen LogP contribution in [-0.4, -0.2) is 13.2 Å². The van der Waals surface area contributed by atoms with E-state index in [4.69, 9.17) is 27.9 Å². The Morgan fingerprint density at radius 1 is 1.24 bits per heavy atom. The first-order valence-corrected chi connectivity index (χ1v) is 6.48. The summed E-state index contributed by atoms with van der Waals surface area (Å²) in [5.74, 6) is 0. The van der Waals surface area contributed by atoms with Gasteiger partial charge in [0.15, 0.2) is 0 Å². The number of rotatable bonds is 7. The Morgan fingerprint density at radius 2 is 2.06 bits per heavy atom. The van der Waals surface area contributed by atoms with Gasteiger partial charge >= 0.3 is 0 Å². The summed E-state index contributed by atoms with van der Waals surface area (Å²) in [6.45, 7) is 5.17. The van der Waals surface area contributed by atoms with Crippen LogP contribution in [0.4, 0.5) is 0 Å². The monoisotopic (exact) mass is 271 g/mol. The van der Waals surface area contributed by atoms with E-state index in [1.54, 1.807) is 6.07 Å². The Morgan fingerprint density at radius 3 is 2.76 bits per heavy atom. The summed E-state index contributed by atoms with van der Waals surface area (Å²) in [6.07, 6.45) is 7.06. The third-order valence-electron chi connectivity index (χ3n) is 2.26. The van der Waals surface area contributed by atoms with Crippen molar-refractivity contribution in [2.24, 2.45) is 0 Å². The number of halogens is 2. The molecule has 0 aromatic heterocycles. The molecule has 0 bridgehead atoms. The van der Waals surface area contributed by atoms with Crippen molar-refractivity contribution in [3.05, 3.63) is 46.8 Å². The highest BCUT2D eigenvalue weighted by Gasteiger charge is 1.96. The van der Waals surface area contributed by atoms with Crippen molar-refractivity contribution in [1.82, 2.24) is 0 Å². The van der Waals surface area contributed by atoms with E-state index >= 15 is 0 Å². The quantitative estimate of drug-likeness (QED) is 0.633. The first kappa shape index (κ1) is 14.6. The van der Waals surface area contributed by atoms with E-state index in [-0.39, 0.29) is 0 Å². The number of unbranched alkanes of at least 4 members (excludes halogenated alkanes) is 2. The van der Waals surface area contributed by atoms with Gasteiger partial charge in [-0.2, -0.15) is 0 Å². The van der Waals surface area contributed by atoms with Crippen LogP contribution in [0, 0.1) is 6.92 Å². The first-order chi connectivity index (χ1) is 8.24. The lowest BCUT2D eigenvalue weighted by Gasteiger charge is -2.00. The van der Waals surface area contributed by atoms with Gasteiger partial charge in [-0.3, -0.25) is 0 Å². The number of ether oxygens (including phenoxy) is 1. The molecule has 0 N–H and O–H groups in total. The summed E-state index contributed by atoms with van der Waals surface area (Å²) >= 11 is 11.8. The van der Waals surface area contributed by atoms with Crippen molar-refractivity contribution in [1.29, 1.82) is 0 Å². The molecular weight excluding hydrogens is 255 g/mol. The zero-order valence-corrected chi connectivity index (χ0v) is 11.3. The standard InChI is InChI=1S/C14H17Cl2O/c1-2-3-4-9-17-10-5-6-12-7-8-13(15)11-14(12)16/h5-8,11H,1-4,9-10H2. The maximum atomic E-state index is 6.03. The van der Waals surface area contributed by atoms with Crippen molar-refractivity contribution in [3.63, 3.8) is 0 Å². The average Bonchev–Trinajstić information content (AvgIpc) is 2.30. The largest absolute Gasteiger partial charge is 0.377 e. The molecule has 17 heavy (non-hydrogen) atoms. The van der Waals surface area contributed by atoms with E-state index in [1.165, 1.54) is 0 Å². The number of hydrogen-bond acceptors (Lipinski definition) is 1. The van der Waals surface area contributed by atoms with Crippen molar-refractivity contribution < 1.29 is 4.74 Å². The Hall–Kier alpha value is -0.500. The van der Waals surface area contributed by atoms with Gasteiger partial charge in [0.2, 0.25) is 0 Å². The molecule has 0 saturated heterocycles. The lowest BCUT2D eigenvalue weighted by atomic mass is 10.2. The minimum absolute atomic E-state index is 0.607. The second kappa shape index (κ2) is 8.57. The molecule has 0 fully saturated rings. The van der Waals surface area contributed by atoms with Crippen LogP contribution >= 0.6 is 23.2 Å². The van der Waals surface area contributed by atoms with Crippen LogP contribution in [0.25, 0.3) is 6.08 Å². The van der Waals surface area contributed by atoms with Crippen molar-refractivity contribution in [2.75, 3.05) is 13.2 Å². The van der Waals surface area contributed by atoms with Crippen LogP contribution in [-0.2, 0) is 4.74 Å². The van der Waals surface area contributed by atoms with Crippen LogP contribution in [0.5, 0.6) is 0 Å². The predicted molar refractivity (Wildman–Crippen MR) is 75.5 cm³/mol. The molecule has 3 heteroatoms. The SMILES string of the molecule is [CH2]CCCCOCC=Cc1ccc(Cl)cc1Cl. The normalized spacial score (nSPS) is 11.2. The lowest BCUT2D eigenvalue weighted by molar-refractivity contribution is 0.158. The number of benzene rings is 1. The van der Waals surface area contributed by atoms with Crippen LogP contribution < -0.4 is 0 Å². The van der Waals surface area contributed by atoms with Crippen molar-refractivity contribution in [3.8, 4) is 0 Å². The Kier molecular flexibility index (Phi) is 7.34. The smallest absolute Gasteiger partial charge is 0.0650 e. The van der Waals surface area contributed by atoms with Gasteiger partial charge in [-0.05, 0) is 24.1 Å². The van der Waals surface area contributed by atoms with Gasteiger partial charge in [0, 0.05) is 16.7 Å². The summed E-state index contributed by atoms with van der Waals surface area (Å²) in [6, 6.07) is 5.45. The van der Waals surface area contributed by atoms with Crippen molar-refractivity contribution >= 4 is 29.3 Å². The molecule has 1 nitrogen and oxygen atoms in total. The molecule has 1 aromatic carbocycles. The van der Waals surface area contributed by atoms with Crippen LogP contribution in [0.15, 0.2) is 24.3 Å². The maximum Gasteiger partial charge on any atom is 0.0650 e. The minimum Gasteiger partial charge on any atom is -0.377 e. The molecule has 0 heterocycles. The highest BCUT2D eigenvalue weighted by molar-refractivity contribution is 6.35. The van der Waals surface area contributed by atoms with E-state index < -0.39 is 0 Å². The third-order valence-corrected chi connectivity index (χ3v) is 2.83. The topological polar surface area (TPSA) is 9.23 Å². The molecule has 0 spiro atoms. The summed E-state index contributed by atoms with van der Waals surface area (Å²) in [4.78, 5) is 0. The van der Waals surface area contributed by atoms with Gasteiger partial charge in [0.1, 0.15) is 0 Å². The molecule has 0 aliphatic carbocycles. The summed E-state index contributed by atoms with van der Waals surface area (Å²) in [7, 11) is 0. The van der Waals surface area contributed by atoms with Gasteiger partial charge in [0.25, 0.3) is 0 Å². The second-order valence-corrected chi connectivity index (χ2v) is 4.55. The summed E-state index contributed by atoms with van der Waals surface area (Å²) in [5, 5.41) is 1.31. The molecule has 93 valence electrons. The van der Waals surface area contributed by atoms with E-state index in [1.807, 2.05) is 24.3 Å². The lowest BCUT2D eigenvalue weighted by Crippen LogP contribution is -1.93. The van der Waals surface area contributed by atoms with Gasteiger partial charge < -0.3 is 4.74 Å². The Bertz CT molecular complexity index is 361. The van der Waals surface area contributed by atoms with Crippen LogP contribution in [0.2, 0.25) is 10.0 Å².